The third-order valence-corrected chi connectivity index (χ3v) is 5.58. The number of aromatic amines is 1. The third-order valence-electron chi connectivity index (χ3n) is 5.41. The van der Waals surface area contributed by atoms with Crippen molar-refractivity contribution in [3.63, 3.8) is 0 Å². The second kappa shape index (κ2) is 9.90. The van der Waals surface area contributed by atoms with Crippen molar-refractivity contribution in [1.29, 1.82) is 0 Å². The molecule has 0 fully saturated rings. The number of unbranched alkanes of at least 4 members (excludes halogenated alkanes) is 1. The van der Waals surface area contributed by atoms with Crippen LogP contribution in [0.2, 0.25) is 5.28 Å². The van der Waals surface area contributed by atoms with E-state index in [1.54, 1.807) is 4.68 Å². The normalized spacial score (nSPS) is 11.4. The number of nitrogens with zero attached hydrogens (tertiary/aromatic N) is 7. The fourth-order valence-electron chi connectivity index (χ4n) is 3.71. The molecular weight excluding hydrogens is 432 g/mol. The van der Waals surface area contributed by atoms with Gasteiger partial charge in [-0.25, -0.2) is 9.48 Å². The molecule has 0 saturated heterocycles. The van der Waals surface area contributed by atoms with Crippen LogP contribution in [0.25, 0.3) is 11.2 Å². The first-order valence-electron chi connectivity index (χ1n) is 10.8. The van der Waals surface area contributed by atoms with Gasteiger partial charge in [-0.1, -0.05) is 43.7 Å². The summed E-state index contributed by atoms with van der Waals surface area (Å²) in [6, 6.07) is 10.1. The van der Waals surface area contributed by atoms with Crippen LogP contribution < -0.4 is 11.2 Å². The first-order chi connectivity index (χ1) is 15.6. The van der Waals surface area contributed by atoms with Crippen LogP contribution in [0.1, 0.15) is 37.6 Å². The highest BCUT2D eigenvalue weighted by molar-refractivity contribution is 6.28. The lowest BCUT2D eigenvalue weighted by Crippen LogP contribution is -2.40. The molecule has 0 saturated carbocycles. The number of hydrogen-bond donors (Lipinski definition) is 1. The van der Waals surface area contributed by atoms with Gasteiger partial charge >= 0.3 is 5.69 Å². The number of imidazole rings is 1. The van der Waals surface area contributed by atoms with Gasteiger partial charge in [-0.05, 0) is 46.9 Å². The van der Waals surface area contributed by atoms with E-state index in [1.165, 1.54) is 14.7 Å². The van der Waals surface area contributed by atoms with Crippen LogP contribution in [0.5, 0.6) is 0 Å². The molecule has 0 bridgehead atoms. The third kappa shape index (κ3) is 4.64. The number of fused-ring (bicyclic) bond motifs is 1. The molecule has 1 N–H and O–H groups in total. The Morgan fingerprint density at radius 1 is 1.00 bits per heavy atom. The second-order valence-electron chi connectivity index (χ2n) is 7.63. The van der Waals surface area contributed by atoms with Gasteiger partial charge in [-0.2, -0.15) is 4.98 Å². The first kappa shape index (κ1) is 21.9. The molecule has 11 heteroatoms. The van der Waals surface area contributed by atoms with Crippen molar-refractivity contribution in [3.8, 4) is 0 Å². The smallest absolute Gasteiger partial charge is 0.323 e. The van der Waals surface area contributed by atoms with Gasteiger partial charge in [0.25, 0.3) is 5.56 Å². The minimum absolute atomic E-state index is 0.0937. The predicted octanol–water partition coefficient (Wildman–Crippen LogP) is 2.20. The summed E-state index contributed by atoms with van der Waals surface area (Å²) in [6.07, 6.45) is 3.78. The minimum atomic E-state index is -0.418. The highest BCUT2D eigenvalue weighted by atomic mass is 35.5. The van der Waals surface area contributed by atoms with Crippen LogP contribution in [0.15, 0.2) is 39.9 Å². The summed E-state index contributed by atoms with van der Waals surface area (Å²) in [4.78, 5) is 32.8. The number of H-pyrrole nitrogens is 1. The lowest BCUT2D eigenvalue weighted by Gasteiger charge is -2.11. The Labute approximate surface area is 188 Å². The molecule has 4 rings (SSSR count). The van der Waals surface area contributed by atoms with E-state index in [9.17, 15) is 9.59 Å². The Bertz CT molecular complexity index is 1310. The topological polar surface area (TPSA) is 116 Å². The largest absolute Gasteiger partial charge is 0.332 e. The number of aromatic nitrogens is 8. The molecule has 0 aliphatic heterocycles. The van der Waals surface area contributed by atoms with E-state index in [2.05, 4.69) is 37.6 Å². The maximum absolute atomic E-state index is 13.0. The van der Waals surface area contributed by atoms with Gasteiger partial charge in [0.15, 0.2) is 17.0 Å². The maximum Gasteiger partial charge on any atom is 0.332 e. The van der Waals surface area contributed by atoms with Crippen molar-refractivity contribution in [2.45, 2.75) is 58.7 Å². The van der Waals surface area contributed by atoms with E-state index < -0.39 is 5.56 Å². The van der Waals surface area contributed by atoms with E-state index in [1.807, 2.05) is 25.1 Å². The van der Waals surface area contributed by atoms with E-state index in [0.717, 1.165) is 25.1 Å². The maximum atomic E-state index is 13.0. The van der Waals surface area contributed by atoms with Gasteiger partial charge in [0.05, 0.1) is 0 Å². The molecule has 3 heterocycles. The zero-order valence-corrected chi connectivity index (χ0v) is 18.6. The standard InChI is InChI=1S/C21H25ClN8O2/c1-2-3-12-28-18-17(23-20(22)24-18)19(31)29(21(28)32)13-7-14-30-16(25-26-27-30)11-10-15-8-5-4-6-9-15/h4-6,8-9H,2-3,7,10-14H2,1H3,(H,23,24). The number of hydrogen-bond acceptors (Lipinski definition) is 6. The summed E-state index contributed by atoms with van der Waals surface area (Å²) in [6.45, 7) is 3.26. The fraction of sp³-hybridized carbons (Fsp3) is 0.429. The zero-order chi connectivity index (χ0) is 22.5. The van der Waals surface area contributed by atoms with Crippen LogP contribution in [-0.2, 0) is 32.5 Å². The number of aryl methyl sites for hydroxylation is 4. The average Bonchev–Trinajstić information content (AvgIpc) is 3.41. The summed E-state index contributed by atoms with van der Waals surface area (Å²) in [7, 11) is 0. The number of tetrazole rings is 1. The molecule has 0 spiro atoms. The molecule has 3 aromatic heterocycles. The second-order valence-corrected chi connectivity index (χ2v) is 7.99. The zero-order valence-electron chi connectivity index (χ0n) is 17.9. The van der Waals surface area contributed by atoms with Gasteiger partial charge in [0.2, 0.25) is 5.28 Å². The van der Waals surface area contributed by atoms with E-state index >= 15 is 0 Å². The van der Waals surface area contributed by atoms with Crippen molar-refractivity contribution in [2.24, 2.45) is 0 Å². The molecule has 0 atom stereocenters. The molecule has 4 aromatic rings. The van der Waals surface area contributed by atoms with Gasteiger partial charge in [0.1, 0.15) is 0 Å². The summed E-state index contributed by atoms with van der Waals surface area (Å²) < 4.78 is 4.49. The van der Waals surface area contributed by atoms with Crippen molar-refractivity contribution in [2.75, 3.05) is 0 Å². The molecule has 1 aromatic carbocycles. The first-order valence-corrected chi connectivity index (χ1v) is 11.1. The quantitative estimate of drug-likeness (QED) is 0.366. The SMILES string of the molecule is CCCCn1c(=O)n(CCCn2nnnc2CCc2ccccc2)c(=O)c2[nH]c(Cl)nc21. The molecule has 0 unspecified atom stereocenters. The Morgan fingerprint density at radius 3 is 2.56 bits per heavy atom. The summed E-state index contributed by atoms with van der Waals surface area (Å²) >= 11 is 5.97. The van der Waals surface area contributed by atoms with E-state index in [4.69, 9.17) is 11.6 Å². The summed E-state index contributed by atoms with van der Waals surface area (Å²) in [5.74, 6) is 0.775. The van der Waals surface area contributed by atoms with Gasteiger partial charge in [-0.15, -0.1) is 5.10 Å². The lowest BCUT2D eigenvalue weighted by molar-refractivity contribution is 0.473. The van der Waals surface area contributed by atoms with Crippen molar-refractivity contribution < 1.29 is 0 Å². The monoisotopic (exact) mass is 456 g/mol. The molecule has 0 aliphatic carbocycles. The van der Waals surface area contributed by atoms with Crippen molar-refractivity contribution in [3.05, 3.63) is 67.8 Å². The Hall–Kier alpha value is -3.27. The summed E-state index contributed by atoms with van der Waals surface area (Å²) in [5.41, 5.74) is 0.973. The molecular formula is C21H25ClN8O2. The van der Waals surface area contributed by atoms with Gasteiger partial charge in [-0.3, -0.25) is 13.9 Å². The van der Waals surface area contributed by atoms with Crippen molar-refractivity contribution in [1.82, 2.24) is 39.3 Å². The van der Waals surface area contributed by atoms with Crippen LogP contribution >= 0.6 is 11.6 Å². The van der Waals surface area contributed by atoms with Crippen LogP contribution in [0.3, 0.4) is 0 Å². The Morgan fingerprint density at radius 2 is 1.78 bits per heavy atom. The average molecular weight is 457 g/mol. The lowest BCUT2D eigenvalue weighted by atomic mass is 10.1. The van der Waals surface area contributed by atoms with Gasteiger partial charge in [0, 0.05) is 26.1 Å². The number of halogens is 1. The molecule has 168 valence electrons. The molecule has 32 heavy (non-hydrogen) atoms. The van der Waals surface area contributed by atoms with E-state index in [0.29, 0.717) is 31.6 Å². The molecule has 0 aliphatic rings. The van der Waals surface area contributed by atoms with Crippen LogP contribution in [-0.4, -0.2) is 39.3 Å². The Kier molecular flexibility index (Phi) is 6.79. The van der Waals surface area contributed by atoms with E-state index in [-0.39, 0.29) is 23.0 Å². The summed E-state index contributed by atoms with van der Waals surface area (Å²) in [5, 5.41) is 12.1. The molecule has 0 radical (unpaired) electrons. The highest BCUT2D eigenvalue weighted by Crippen LogP contribution is 2.11. The minimum Gasteiger partial charge on any atom is -0.323 e. The Balaban J connectivity index is 1.49. The van der Waals surface area contributed by atoms with Crippen LogP contribution in [0.4, 0.5) is 0 Å². The molecule has 0 amide bonds. The molecule has 10 nitrogen and oxygen atoms in total. The predicted molar refractivity (Wildman–Crippen MR) is 121 cm³/mol. The number of benzene rings is 1. The number of nitrogens with one attached hydrogen (secondary N) is 1. The highest BCUT2D eigenvalue weighted by Gasteiger charge is 2.17. The van der Waals surface area contributed by atoms with Gasteiger partial charge < -0.3 is 4.98 Å². The van der Waals surface area contributed by atoms with Crippen LogP contribution in [0, 0.1) is 0 Å². The fourth-order valence-corrected chi connectivity index (χ4v) is 3.88. The number of rotatable bonds is 10. The van der Waals surface area contributed by atoms with Crippen molar-refractivity contribution >= 4 is 22.8 Å².